The molecule has 5 nitrogen and oxygen atoms in total. The third kappa shape index (κ3) is 4.01. The van der Waals surface area contributed by atoms with E-state index in [0.29, 0.717) is 22.6 Å². The average Bonchev–Trinajstić information content (AvgIpc) is 2.37. The first-order valence-electron chi connectivity index (χ1n) is 5.90. The van der Waals surface area contributed by atoms with Crippen LogP contribution in [0.5, 0.6) is 11.5 Å². The smallest absolute Gasteiger partial charge is 0.401 e. The van der Waals surface area contributed by atoms with Crippen molar-refractivity contribution in [3.05, 3.63) is 22.2 Å². The summed E-state index contributed by atoms with van der Waals surface area (Å²) in [6.45, 7) is -0.772. The molecule has 1 unspecified atom stereocenters. The molecule has 2 rings (SSSR count). The number of fused-ring (bicyclic) bond motifs is 1. The van der Waals surface area contributed by atoms with Gasteiger partial charge in [-0.3, -0.25) is 10.1 Å². The molecular formula is C12H11BrF3NO4. The Balaban J connectivity index is 2.28. The van der Waals surface area contributed by atoms with E-state index < -0.39 is 24.7 Å². The summed E-state index contributed by atoms with van der Waals surface area (Å²) in [6.07, 6.45) is -4.50. The number of nitrogens with one attached hydrogen (secondary N) is 1. The largest absolute Gasteiger partial charge is 0.486 e. The molecule has 0 saturated carbocycles. The topological polar surface area (TPSA) is 67.8 Å². The maximum atomic E-state index is 12.2. The second-order valence-electron chi connectivity index (χ2n) is 4.29. The molecule has 1 atom stereocenters. The predicted molar refractivity (Wildman–Crippen MR) is 69.6 cm³/mol. The van der Waals surface area contributed by atoms with Crippen LogP contribution in [0.4, 0.5) is 13.2 Å². The zero-order valence-electron chi connectivity index (χ0n) is 10.5. The van der Waals surface area contributed by atoms with Crippen molar-refractivity contribution >= 4 is 21.9 Å². The molecule has 116 valence electrons. The van der Waals surface area contributed by atoms with Gasteiger partial charge in [-0.2, -0.15) is 13.2 Å². The van der Waals surface area contributed by atoms with Crippen molar-refractivity contribution < 1.29 is 32.5 Å². The molecule has 0 spiro atoms. The summed E-state index contributed by atoms with van der Waals surface area (Å²) in [5.41, 5.74) is 0.142. The zero-order chi connectivity index (χ0) is 15.6. The zero-order valence-corrected chi connectivity index (χ0v) is 12.1. The monoisotopic (exact) mass is 369 g/mol. The molecule has 0 radical (unpaired) electrons. The van der Waals surface area contributed by atoms with E-state index in [1.54, 1.807) is 0 Å². The van der Waals surface area contributed by atoms with Crippen LogP contribution >= 0.6 is 15.9 Å². The van der Waals surface area contributed by atoms with Crippen molar-refractivity contribution in [2.24, 2.45) is 0 Å². The molecule has 0 aromatic heterocycles. The lowest BCUT2D eigenvalue weighted by atomic mass is 10.1. The van der Waals surface area contributed by atoms with Gasteiger partial charge in [0.05, 0.1) is 11.0 Å². The van der Waals surface area contributed by atoms with E-state index in [1.807, 2.05) is 5.32 Å². The highest BCUT2D eigenvalue weighted by Gasteiger charge is 2.31. The Morgan fingerprint density at radius 1 is 1.38 bits per heavy atom. The molecule has 9 heteroatoms. The molecular weight excluding hydrogens is 359 g/mol. The number of carboxylic acid groups (broad SMARTS) is 1. The van der Waals surface area contributed by atoms with Crippen LogP contribution in [0, 0.1) is 0 Å². The normalized spacial score (nSPS) is 15.6. The van der Waals surface area contributed by atoms with Crippen LogP contribution in [0.2, 0.25) is 0 Å². The van der Waals surface area contributed by atoms with Gasteiger partial charge >= 0.3 is 12.1 Å². The fraction of sp³-hybridized carbons (Fsp3) is 0.417. The highest BCUT2D eigenvalue weighted by Crippen LogP contribution is 2.40. The third-order valence-electron chi connectivity index (χ3n) is 2.71. The number of hydrogen-bond acceptors (Lipinski definition) is 4. The summed E-state index contributed by atoms with van der Waals surface area (Å²) < 4.78 is 47.8. The fourth-order valence-corrected chi connectivity index (χ4v) is 2.44. The Kier molecular flexibility index (Phi) is 4.62. The molecule has 0 bridgehead atoms. The number of alkyl halides is 3. The van der Waals surface area contributed by atoms with Gasteiger partial charge < -0.3 is 14.6 Å². The quantitative estimate of drug-likeness (QED) is 0.853. The summed E-state index contributed by atoms with van der Waals surface area (Å²) in [5, 5.41) is 11.1. The fourth-order valence-electron chi connectivity index (χ4n) is 1.86. The van der Waals surface area contributed by atoms with E-state index in [9.17, 15) is 18.0 Å². The molecule has 1 aromatic rings. The van der Waals surface area contributed by atoms with Gasteiger partial charge in [0, 0.05) is 0 Å². The predicted octanol–water partition coefficient (Wildman–Crippen LogP) is 2.50. The van der Waals surface area contributed by atoms with Crippen LogP contribution in [0.25, 0.3) is 0 Å². The minimum atomic E-state index is -4.50. The molecule has 2 N–H and O–H groups in total. The molecule has 1 aliphatic rings. The van der Waals surface area contributed by atoms with Gasteiger partial charge in [-0.15, -0.1) is 0 Å². The van der Waals surface area contributed by atoms with Crippen molar-refractivity contribution in [2.75, 3.05) is 19.8 Å². The van der Waals surface area contributed by atoms with Gasteiger partial charge in [0.25, 0.3) is 0 Å². The van der Waals surface area contributed by atoms with Gasteiger partial charge in [0.2, 0.25) is 0 Å². The Hall–Kier alpha value is -1.48. The lowest BCUT2D eigenvalue weighted by Gasteiger charge is -2.22. The van der Waals surface area contributed by atoms with Crippen LogP contribution in [0.1, 0.15) is 11.6 Å². The van der Waals surface area contributed by atoms with E-state index in [-0.39, 0.29) is 12.2 Å². The van der Waals surface area contributed by atoms with Crippen LogP contribution in [0.15, 0.2) is 16.6 Å². The molecule has 0 saturated heterocycles. The Morgan fingerprint density at radius 3 is 2.67 bits per heavy atom. The molecule has 0 aliphatic carbocycles. The number of carboxylic acids is 1. The number of benzene rings is 1. The van der Waals surface area contributed by atoms with E-state index in [2.05, 4.69) is 15.9 Å². The van der Waals surface area contributed by atoms with Crippen molar-refractivity contribution in [3.63, 3.8) is 0 Å². The summed E-state index contributed by atoms with van der Waals surface area (Å²) >= 11 is 3.19. The third-order valence-corrected chi connectivity index (χ3v) is 3.30. The summed E-state index contributed by atoms with van der Waals surface area (Å²) in [7, 11) is 0. The average molecular weight is 370 g/mol. The first kappa shape index (κ1) is 15.9. The maximum absolute atomic E-state index is 12.2. The second kappa shape index (κ2) is 6.10. The maximum Gasteiger partial charge on any atom is 0.401 e. The minimum Gasteiger partial charge on any atom is -0.486 e. The van der Waals surface area contributed by atoms with E-state index in [0.717, 1.165) is 0 Å². The molecule has 0 amide bonds. The van der Waals surface area contributed by atoms with Crippen LogP contribution < -0.4 is 14.8 Å². The molecule has 0 fully saturated rings. The van der Waals surface area contributed by atoms with Gasteiger partial charge in [0.1, 0.15) is 19.3 Å². The van der Waals surface area contributed by atoms with E-state index in [1.165, 1.54) is 12.1 Å². The van der Waals surface area contributed by atoms with Gasteiger partial charge in [-0.1, -0.05) is 0 Å². The van der Waals surface area contributed by atoms with Crippen LogP contribution in [-0.2, 0) is 4.79 Å². The highest BCUT2D eigenvalue weighted by molar-refractivity contribution is 9.10. The van der Waals surface area contributed by atoms with Crippen LogP contribution in [-0.4, -0.2) is 37.0 Å². The highest BCUT2D eigenvalue weighted by atomic mass is 79.9. The second-order valence-corrected chi connectivity index (χ2v) is 5.15. The lowest BCUT2D eigenvalue weighted by molar-refractivity contribution is -0.143. The molecule has 1 aliphatic heterocycles. The Labute approximate surface area is 126 Å². The van der Waals surface area contributed by atoms with Crippen molar-refractivity contribution in [1.82, 2.24) is 5.32 Å². The number of carbonyl (C=O) groups is 1. The first-order valence-corrected chi connectivity index (χ1v) is 6.69. The number of rotatable bonds is 4. The Bertz CT molecular complexity index is 550. The van der Waals surface area contributed by atoms with Crippen molar-refractivity contribution in [3.8, 4) is 11.5 Å². The Morgan fingerprint density at radius 2 is 2.05 bits per heavy atom. The SMILES string of the molecule is O=C(O)C(NCC(F)(F)F)c1cc(Br)c2c(c1)OCCO2. The van der Waals surface area contributed by atoms with Gasteiger partial charge in [0.15, 0.2) is 11.5 Å². The summed E-state index contributed by atoms with van der Waals surface area (Å²) in [6, 6.07) is 1.26. The van der Waals surface area contributed by atoms with Crippen LogP contribution in [0.3, 0.4) is 0 Å². The first-order chi connectivity index (χ1) is 9.78. The number of hydrogen-bond donors (Lipinski definition) is 2. The standard InChI is InChI=1S/C12H11BrF3NO4/c13-7-3-6(4-8-10(7)21-2-1-20-8)9(11(18)19)17-5-12(14,15)16/h3-4,9,17H,1-2,5H2,(H,18,19). The lowest BCUT2D eigenvalue weighted by Crippen LogP contribution is -2.36. The molecule has 1 heterocycles. The van der Waals surface area contributed by atoms with Gasteiger partial charge in [-0.05, 0) is 33.6 Å². The van der Waals surface area contributed by atoms with Gasteiger partial charge in [-0.25, -0.2) is 0 Å². The van der Waals surface area contributed by atoms with Crippen molar-refractivity contribution in [1.29, 1.82) is 0 Å². The van der Waals surface area contributed by atoms with Crippen molar-refractivity contribution in [2.45, 2.75) is 12.2 Å². The minimum absolute atomic E-state index is 0.142. The number of aliphatic carboxylic acids is 1. The summed E-state index contributed by atoms with van der Waals surface area (Å²) in [5.74, 6) is -0.710. The number of ether oxygens (including phenoxy) is 2. The number of halogens is 4. The van der Waals surface area contributed by atoms with E-state index >= 15 is 0 Å². The summed E-state index contributed by atoms with van der Waals surface area (Å²) in [4.78, 5) is 11.2. The van der Waals surface area contributed by atoms with E-state index in [4.69, 9.17) is 14.6 Å². The molecule has 1 aromatic carbocycles. The molecule has 21 heavy (non-hydrogen) atoms.